The van der Waals surface area contributed by atoms with Gasteiger partial charge in [0.15, 0.2) is 11.5 Å². The zero-order valence-electron chi connectivity index (χ0n) is 10.0. The van der Waals surface area contributed by atoms with E-state index in [9.17, 15) is 13.2 Å². The molecule has 100 valence electrons. The normalized spacial score (nSPS) is 11.1. The van der Waals surface area contributed by atoms with Gasteiger partial charge in [-0.25, -0.2) is 0 Å². The molecular formula is C11H14O6S. The number of hydrogen-bond donors (Lipinski definition) is 1. The van der Waals surface area contributed by atoms with Gasteiger partial charge in [0.2, 0.25) is 0 Å². The highest BCUT2D eigenvalue weighted by atomic mass is 32.3. The van der Waals surface area contributed by atoms with Gasteiger partial charge in [0.25, 0.3) is 0 Å². The third kappa shape index (κ3) is 4.72. The number of carbonyl (C=O) groups excluding carboxylic acids is 1. The topological polar surface area (TPSA) is 89.9 Å². The lowest BCUT2D eigenvalue weighted by Gasteiger charge is -2.09. The van der Waals surface area contributed by atoms with Gasteiger partial charge in [-0.15, -0.1) is 0 Å². The number of methoxy groups -OCH3 is 1. The largest absolute Gasteiger partial charge is 0.493 e. The molecule has 0 unspecified atom stereocenters. The van der Waals surface area contributed by atoms with Crippen LogP contribution in [0.4, 0.5) is 0 Å². The molecule has 0 fully saturated rings. The maximum absolute atomic E-state index is 10.9. The van der Waals surface area contributed by atoms with E-state index in [2.05, 4.69) is 4.18 Å². The van der Waals surface area contributed by atoms with Gasteiger partial charge >= 0.3 is 10.4 Å². The molecule has 1 N–H and O–H groups in total. The number of hydrogen-bond acceptors (Lipinski definition) is 5. The summed E-state index contributed by atoms with van der Waals surface area (Å²) in [7, 11) is -3.23. The molecule has 18 heavy (non-hydrogen) atoms. The number of carbonyl (C=O) groups is 1. The summed E-state index contributed by atoms with van der Waals surface area (Å²) in [6.45, 7) is 1.49. The Morgan fingerprint density at radius 3 is 2.50 bits per heavy atom. The zero-order chi connectivity index (χ0) is 13.8. The molecule has 0 saturated heterocycles. The Bertz CT molecular complexity index is 534. The summed E-state index contributed by atoms with van der Waals surface area (Å²) >= 11 is 0. The van der Waals surface area contributed by atoms with Crippen molar-refractivity contribution in [3.8, 4) is 11.5 Å². The van der Waals surface area contributed by atoms with Gasteiger partial charge in [0.1, 0.15) is 5.78 Å². The molecule has 1 rings (SSSR count). The van der Waals surface area contributed by atoms with Crippen LogP contribution in [0.25, 0.3) is 0 Å². The Morgan fingerprint density at radius 1 is 1.33 bits per heavy atom. The fourth-order valence-corrected chi connectivity index (χ4v) is 1.73. The predicted molar refractivity (Wildman–Crippen MR) is 64.2 cm³/mol. The van der Waals surface area contributed by atoms with Crippen LogP contribution in [0.3, 0.4) is 0 Å². The lowest BCUT2D eigenvalue weighted by atomic mass is 10.1. The van der Waals surface area contributed by atoms with Crippen molar-refractivity contribution < 1.29 is 26.7 Å². The first kappa shape index (κ1) is 14.5. The highest BCUT2D eigenvalue weighted by Crippen LogP contribution is 2.29. The molecule has 6 nitrogen and oxygen atoms in total. The van der Waals surface area contributed by atoms with Crippen LogP contribution in [0.15, 0.2) is 18.2 Å². The van der Waals surface area contributed by atoms with Crippen molar-refractivity contribution in [1.29, 1.82) is 0 Å². The Balaban J connectivity index is 2.93. The SMILES string of the molecule is COc1cc(CCC(C)=O)ccc1OS(=O)(=O)O. The Labute approximate surface area is 105 Å². The zero-order valence-corrected chi connectivity index (χ0v) is 10.9. The molecule has 1 aromatic carbocycles. The summed E-state index contributed by atoms with van der Waals surface area (Å²) < 4.78 is 39.1. The molecule has 0 aliphatic rings. The minimum Gasteiger partial charge on any atom is -0.493 e. The predicted octanol–water partition coefficient (Wildman–Crippen LogP) is 1.40. The first-order valence-electron chi connectivity index (χ1n) is 5.15. The van der Waals surface area contributed by atoms with E-state index in [1.807, 2.05) is 0 Å². The lowest BCUT2D eigenvalue weighted by molar-refractivity contribution is -0.116. The van der Waals surface area contributed by atoms with Crippen molar-refractivity contribution in [2.45, 2.75) is 19.8 Å². The fraction of sp³-hybridized carbons (Fsp3) is 0.364. The van der Waals surface area contributed by atoms with Crippen LogP contribution in [-0.4, -0.2) is 25.9 Å². The van der Waals surface area contributed by atoms with Crippen LogP contribution < -0.4 is 8.92 Å². The second-order valence-electron chi connectivity index (χ2n) is 3.70. The van der Waals surface area contributed by atoms with Crippen LogP contribution in [-0.2, 0) is 21.6 Å². The summed E-state index contributed by atoms with van der Waals surface area (Å²) in [5.74, 6) is 0.132. The van der Waals surface area contributed by atoms with Gasteiger partial charge in [-0.05, 0) is 31.0 Å². The summed E-state index contributed by atoms with van der Waals surface area (Å²) in [6.07, 6.45) is 0.916. The van der Waals surface area contributed by atoms with E-state index < -0.39 is 10.4 Å². The van der Waals surface area contributed by atoms with E-state index >= 15 is 0 Å². The van der Waals surface area contributed by atoms with Gasteiger partial charge in [-0.1, -0.05) is 6.07 Å². The number of aryl methyl sites for hydroxylation is 1. The van der Waals surface area contributed by atoms with E-state index in [-0.39, 0.29) is 17.3 Å². The molecule has 0 spiro atoms. The van der Waals surface area contributed by atoms with E-state index in [0.717, 1.165) is 5.56 Å². The smallest absolute Gasteiger partial charge is 0.446 e. The minimum atomic E-state index is -4.58. The molecule has 0 bridgehead atoms. The Kier molecular flexibility index (Phi) is 4.69. The molecule has 0 aromatic heterocycles. The molecule has 0 saturated carbocycles. The molecule has 0 aliphatic heterocycles. The first-order valence-corrected chi connectivity index (χ1v) is 6.51. The Morgan fingerprint density at radius 2 is 2.00 bits per heavy atom. The maximum Gasteiger partial charge on any atom is 0.446 e. The average Bonchev–Trinajstić information content (AvgIpc) is 2.25. The van der Waals surface area contributed by atoms with Crippen molar-refractivity contribution in [3.63, 3.8) is 0 Å². The average molecular weight is 274 g/mol. The van der Waals surface area contributed by atoms with E-state index in [1.54, 1.807) is 12.1 Å². The second-order valence-corrected chi connectivity index (χ2v) is 4.72. The van der Waals surface area contributed by atoms with Crippen molar-refractivity contribution in [2.24, 2.45) is 0 Å². The van der Waals surface area contributed by atoms with Crippen LogP contribution >= 0.6 is 0 Å². The van der Waals surface area contributed by atoms with Crippen molar-refractivity contribution in [2.75, 3.05) is 7.11 Å². The van der Waals surface area contributed by atoms with Gasteiger partial charge in [0.05, 0.1) is 7.11 Å². The van der Waals surface area contributed by atoms with E-state index in [0.29, 0.717) is 12.8 Å². The van der Waals surface area contributed by atoms with Crippen molar-refractivity contribution >= 4 is 16.2 Å². The van der Waals surface area contributed by atoms with E-state index in [1.165, 1.54) is 20.1 Å². The van der Waals surface area contributed by atoms with Crippen LogP contribution in [0, 0.1) is 0 Å². The number of Topliss-reactive ketones (excluding diaryl/α,β-unsaturated/α-hetero) is 1. The second kappa shape index (κ2) is 5.83. The summed E-state index contributed by atoms with van der Waals surface area (Å²) in [6, 6.07) is 4.53. The summed E-state index contributed by atoms with van der Waals surface area (Å²) in [4.78, 5) is 10.9. The number of ether oxygens (including phenoxy) is 1. The van der Waals surface area contributed by atoms with Crippen molar-refractivity contribution in [1.82, 2.24) is 0 Å². The van der Waals surface area contributed by atoms with Crippen LogP contribution in [0.5, 0.6) is 11.5 Å². The minimum absolute atomic E-state index is 0.0622. The van der Waals surface area contributed by atoms with Gasteiger partial charge < -0.3 is 13.7 Å². The lowest BCUT2D eigenvalue weighted by Crippen LogP contribution is -2.07. The molecule has 0 aliphatic carbocycles. The molecule has 0 heterocycles. The summed E-state index contributed by atoms with van der Waals surface area (Å²) in [5, 5.41) is 0. The third-order valence-corrected chi connectivity index (χ3v) is 2.58. The van der Waals surface area contributed by atoms with Crippen LogP contribution in [0.2, 0.25) is 0 Å². The molecule has 1 aromatic rings. The summed E-state index contributed by atoms with van der Waals surface area (Å²) in [5.41, 5.74) is 0.810. The quantitative estimate of drug-likeness (QED) is 0.788. The molecule has 0 atom stereocenters. The van der Waals surface area contributed by atoms with Crippen LogP contribution in [0.1, 0.15) is 18.9 Å². The monoisotopic (exact) mass is 274 g/mol. The standard InChI is InChI=1S/C11H14O6S/c1-8(12)3-4-9-5-6-10(11(7-9)16-2)17-18(13,14)15/h5-7H,3-4H2,1-2H3,(H,13,14,15). The van der Waals surface area contributed by atoms with Gasteiger partial charge in [-0.3, -0.25) is 4.55 Å². The maximum atomic E-state index is 10.9. The molecule has 7 heteroatoms. The van der Waals surface area contributed by atoms with Crippen molar-refractivity contribution in [3.05, 3.63) is 23.8 Å². The number of rotatable bonds is 6. The highest BCUT2D eigenvalue weighted by molar-refractivity contribution is 7.81. The highest BCUT2D eigenvalue weighted by Gasteiger charge is 2.13. The molecular weight excluding hydrogens is 260 g/mol. The molecule has 0 radical (unpaired) electrons. The first-order chi connectivity index (χ1) is 8.31. The third-order valence-electron chi connectivity index (χ3n) is 2.19. The number of benzene rings is 1. The molecule has 0 amide bonds. The van der Waals surface area contributed by atoms with Gasteiger partial charge in [0, 0.05) is 6.42 Å². The fourth-order valence-electron chi connectivity index (χ4n) is 1.37. The Hall–Kier alpha value is -1.60. The van der Waals surface area contributed by atoms with Gasteiger partial charge in [-0.2, -0.15) is 8.42 Å². The number of ketones is 1. The van der Waals surface area contributed by atoms with E-state index in [4.69, 9.17) is 9.29 Å².